The van der Waals surface area contributed by atoms with E-state index in [2.05, 4.69) is 53.7 Å². The Kier molecular flexibility index (Phi) is 3.34. The van der Waals surface area contributed by atoms with Crippen LogP contribution in [-0.4, -0.2) is 11.7 Å². The molecule has 0 aliphatic heterocycles. The molecular weight excluding hydrogens is 286 g/mol. The second kappa shape index (κ2) is 5.51. The van der Waals surface area contributed by atoms with Crippen LogP contribution < -0.4 is 0 Å². The topological polar surface area (TPSA) is 38.7 Å². The van der Waals surface area contributed by atoms with Crippen molar-refractivity contribution in [1.29, 1.82) is 0 Å². The Bertz CT molecular complexity index is 956. The first-order chi connectivity index (χ1) is 11.2. The van der Waals surface area contributed by atoms with E-state index >= 15 is 0 Å². The molecule has 0 saturated carbocycles. The van der Waals surface area contributed by atoms with Crippen LogP contribution in [0.4, 0.5) is 0 Å². The number of fused-ring (bicyclic) bond motifs is 4. The number of rotatable bonds is 1. The Morgan fingerprint density at radius 1 is 1.00 bits per heavy atom. The van der Waals surface area contributed by atoms with Crippen molar-refractivity contribution in [1.82, 2.24) is 0 Å². The van der Waals surface area contributed by atoms with Crippen LogP contribution in [0, 0.1) is 0 Å². The summed E-state index contributed by atoms with van der Waals surface area (Å²) >= 11 is 0. The van der Waals surface area contributed by atoms with Crippen LogP contribution in [0.3, 0.4) is 0 Å². The van der Waals surface area contributed by atoms with Crippen LogP contribution in [-0.2, 0) is 16.1 Å². The fourth-order valence-electron chi connectivity index (χ4n) is 3.39. The van der Waals surface area contributed by atoms with Crippen LogP contribution >= 0.6 is 0 Å². The van der Waals surface area contributed by atoms with E-state index in [4.69, 9.17) is 4.84 Å². The van der Waals surface area contributed by atoms with Crippen molar-refractivity contribution in [3.63, 3.8) is 0 Å². The summed E-state index contributed by atoms with van der Waals surface area (Å²) in [7, 11) is 0. The number of hydrogen-bond acceptors (Lipinski definition) is 3. The summed E-state index contributed by atoms with van der Waals surface area (Å²) in [5.74, 6) is -0.379. The number of benzene rings is 3. The predicted molar refractivity (Wildman–Crippen MR) is 92.7 cm³/mol. The van der Waals surface area contributed by atoms with Gasteiger partial charge in [0.2, 0.25) is 0 Å². The van der Waals surface area contributed by atoms with Gasteiger partial charge in [-0.2, -0.15) is 0 Å². The van der Waals surface area contributed by atoms with E-state index in [1.54, 1.807) is 0 Å². The van der Waals surface area contributed by atoms with Crippen molar-refractivity contribution in [3.05, 3.63) is 59.7 Å². The summed E-state index contributed by atoms with van der Waals surface area (Å²) in [6.45, 7) is 1.38. The SMILES string of the molecule is CC(=O)O/N=C1\CCCc2ccc3cc4ccccc4cc3c21. The summed E-state index contributed by atoms with van der Waals surface area (Å²) in [5.41, 5.74) is 3.30. The minimum absolute atomic E-state index is 0.379. The molecule has 0 N–H and O–H groups in total. The molecule has 23 heavy (non-hydrogen) atoms. The number of carbonyl (C=O) groups is 1. The van der Waals surface area contributed by atoms with Gasteiger partial charge in [0.25, 0.3) is 0 Å². The first-order valence-electron chi connectivity index (χ1n) is 7.91. The van der Waals surface area contributed by atoms with Crippen LogP contribution in [0.1, 0.15) is 30.9 Å². The molecule has 0 unspecified atom stereocenters. The molecule has 0 heterocycles. The van der Waals surface area contributed by atoms with Crippen molar-refractivity contribution in [2.75, 3.05) is 0 Å². The number of oxime groups is 1. The average Bonchev–Trinajstić information content (AvgIpc) is 2.57. The van der Waals surface area contributed by atoms with E-state index < -0.39 is 0 Å². The van der Waals surface area contributed by atoms with Crippen molar-refractivity contribution >= 4 is 33.2 Å². The highest BCUT2D eigenvalue weighted by Gasteiger charge is 2.19. The molecule has 0 fully saturated rings. The Hall–Kier alpha value is -2.68. The molecule has 0 spiro atoms. The quantitative estimate of drug-likeness (QED) is 0.374. The third-order valence-corrected chi connectivity index (χ3v) is 4.41. The standard InChI is InChI=1S/C20H17NO2/c1-13(22)23-21-19-8-4-7-14-9-10-17-11-15-5-2-3-6-16(15)12-18(17)20(14)19/h2-3,5-6,9-12H,4,7-8H2,1H3/b21-19+. The van der Waals surface area contributed by atoms with Gasteiger partial charge in [-0.1, -0.05) is 41.6 Å². The normalized spacial score (nSPS) is 15.8. The third kappa shape index (κ3) is 2.48. The van der Waals surface area contributed by atoms with Gasteiger partial charge in [-0.25, -0.2) is 4.79 Å². The lowest BCUT2D eigenvalue weighted by atomic mass is 9.85. The van der Waals surface area contributed by atoms with Gasteiger partial charge in [-0.15, -0.1) is 0 Å². The molecule has 3 aromatic rings. The second-order valence-electron chi connectivity index (χ2n) is 5.99. The van der Waals surface area contributed by atoms with Gasteiger partial charge in [0.15, 0.2) is 0 Å². The number of carbonyl (C=O) groups excluding carboxylic acids is 1. The molecule has 0 aromatic heterocycles. The van der Waals surface area contributed by atoms with Gasteiger partial charge >= 0.3 is 5.97 Å². The Labute approximate surface area is 134 Å². The van der Waals surface area contributed by atoms with E-state index in [9.17, 15) is 4.79 Å². The smallest absolute Gasteiger partial charge is 0.318 e. The van der Waals surface area contributed by atoms with Gasteiger partial charge in [0.1, 0.15) is 0 Å². The zero-order chi connectivity index (χ0) is 15.8. The van der Waals surface area contributed by atoms with Gasteiger partial charge in [-0.3, -0.25) is 0 Å². The molecular formula is C20H17NO2. The molecule has 114 valence electrons. The maximum atomic E-state index is 11.1. The molecule has 0 saturated heterocycles. The summed E-state index contributed by atoms with van der Waals surface area (Å²) in [6.07, 6.45) is 2.91. The lowest BCUT2D eigenvalue weighted by Gasteiger charge is -2.20. The fraction of sp³-hybridized carbons (Fsp3) is 0.200. The zero-order valence-electron chi connectivity index (χ0n) is 13.0. The predicted octanol–water partition coefficient (Wildman–Crippen LogP) is 4.60. The van der Waals surface area contributed by atoms with Crippen LogP contribution in [0.5, 0.6) is 0 Å². The maximum Gasteiger partial charge on any atom is 0.331 e. The molecule has 0 atom stereocenters. The first-order valence-corrected chi connectivity index (χ1v) is 7.91. The highest BCUT2D eigenvalue weighted by atomic mass is 16.7. The van der Waals surface area contributed by atoms with Crippen molar-refractivity contribution in [3.8, 4) is 0 Å². The van der Waals surface area contributed by atoms with Crippen molar-refractivity contribution < 1.29 is 9.63 Å². The maximum absolute atomic E-state index is 11.1. The largest absolute Gasteiger partial charge is 0.331 e. The molecule has 1 aliphatic rings. The molecule has 4 rings (SSSR count). The first kappa shape index (κ1) is 13.9. The number of nitrogens with zero attached hydrogens (tertiary/aromatic N) is 1. The minimum atomic E-state index is -0.379. The fourth-order valence-corrected chi connectivity index (χ4v) is 3.39. The molecule has 0 bridgehead atoms. The van der Waals surface area contributed by atoms with Gasteiger partial charge in [-0.05, 0) is 58.5 Å². The third-order valence-electron chi connectivity index (χ3n) is 4.41. The van der Waals surface area contributed by atoms with E-state index in [0.29, 0.717) is 0 Å². The Morgan fingerprint density at radius 3 is 2.57 bits per heavy atom. The molecule has 3 nitrogen and oxygen atoms in total. The highest BCUT2D eigenvalue weighted by Crippen LogP contribution is 2.32. The number of hydrogen-bond donors (Lipinski definition) is 0. The molecule has 3 heteroatoms. The lowest BCUT2D eigenvalue weighted by Crippen LogP contribution is -2.13. The second-order valence-corrected chi connectivity index (χ2v) is 5.99. The van der Waals surface area contributed by atoms with E-state index in [0.717, 1.165) is 30.5 Å². The summed E-state index contributed by atoms with van der Waals surface area (Å²) in [6, 6.07) is 17.1. The Morgan fingerprint density at radius 2 is 1.78 bits per heavy atom. The van der Waals surface area contributed by atoms with Crippen molar-refractivity contribution in [2.45, 2.75) is 26.2 Å². The van der Waals surface area contributed by atoms with Crippen LogP contribution in [0.15, 0.2) is 53.7 Å². The monoisotopic (exact) mass is 303 g/mol. The lowest BCUT2D eigenvalue weighted by molar-refractivity contribution is -0.140. The van der Waals surface area contributed by atoms with E-state index in [1.807, 2.05) is 0 Å². The van der Waals surface area contributed by atoms with Gasteiger partial charge < -0.3 is 4.84 Å². The minimum Gasteiger partial charge on any atom is -0.318 e. The summed E-state index contributed by atoms with van der Waals surface area (Å²) in [4.78, 5) is 16.0. The summed E-state index contributed by atoms with van der Waals surface area (Å²) < 4.78 is 0. The Balaban J connectivity index is 1.99. The summed E-state index contributed by atoms with van der Waals surface area (Å²) in [5, 5.41) is 8.95. The molecule has 1 aliphatic carbocycles. The molecule has 3 aromatic carbocycles. The highest BCUT2D eigenvalue weighted by molar-refractivity contribution is 6.15. The average molecular weight is 303 g/mol. The van der Waals surface area contributed by atoms with Crippen LogP contribution in [0.25, 0.3) is 21.5 Å². The molecule has 0 radical (unpaired) electrons. The number of aryl methyl sites for hydroxylation is 1. The van der Waals surface area contributed by atoms with Crippen molar-refractivity contribution in [2.24, 2.45) is 5.16 Å². The molecule has 0 amide bonds. The van der Waals surface area contributed by atoms with E-state index in [1.165, 1.54) is 34.0 Å². The van der Waals surface area contributed by atoms with Gasteiger partial charge in [0.05, 0.1) is 5.71 Å². The van der Waals surface area contributed by atoms with Gasteiger partial charge in [0, 0.05) is 12.5 Å². The van der Waals surface area contributed by atoms with E-state index in [-0.39, 0.29) is 5.97 Å². The van der Waals surface area contributed by atoms with Crippen LogP contribution in [0.2, 0.25) is 0 Å². The zero-order valence-corrected chi connectivity index (χ0v) is 13.0.